The number of hydrogen-bond acceptors (Lipinski definition) is 5. The summed E-state index contributed by atoms with van der Waals surface area (Å²) in [6.07, 6.45) is 0. The third-order valence-corrected chi connectivity index (χ3v) is 4.27. The van der Waals surface area contributed by atoms with E-state index in [-0.39, 0.29) is 13.2 Å². The van der Waals surface area contributed by atoms with Crippen LogP contribution in [0.1, 0.15) is 22.6 Å². The largest absolute Gasteiger partial charge is 0.460 e. The molecule has 0 saturated carbocycles. The molecule has 1 atom stereocenters. The van der Waals surface area contributed by atoms with Crippen molar-refractivity contribution in [3.05, 3.63) is 108 Å². The molecule has 3 aromatic rings. The van der Waals surface area contributed by atoms with Crippen LogP contribution in [-0.2, 0) is 37.1 Å². The van der Waals surface area contributed by atoms with Gasteiger partial charge in [-0.2, -0.15) is 0 Å². The molecule has 5 nitrogen and oxygen atoms in total. The monoisotopic (exact) mass is 388 g/mol. The second-order valence-electron chi connectivity index (χ2n) is 6.36. The van der Waals surface area contributed by atoms with E-state index < -0.39 is 23.6 Å². The first kappa shape index (κ1) is 20.0. The highest BCUT2D eigenvalue weighted by Crippen LogP contribution is 2.20. The fourth-order valence-electron chi connectivity index (χ4n) is 2.76. The third-order valence-electron chi connectivity index (χ3n) is 4.27. The topological polar surface area (TPSA) is 69.7 Å². The van der Waals surface area contributed by atoms with Gasteiger partial charge in [-0.3, -0.25) is 9.59 Å². The smallest absolute Gasteiger partial charge is 0.376 e. The Morgan fingerprint density at radius 3 is 1.59 bits per heavy atom. The lowest BCUT2D eigenvalue weighted by Gasteiger charge is -2.15. The van der Waals surface area contributed by atoms with Crippen molar-refractivity contribution in [2.75, 3.05) is 0 Å². The number of Topliss-reactive ketones (excluding diaryl/α,β-unsaturated/α-hetero) is 1. The highest BCUT2D eigenvalue weighted by Gasteiger charge is 2.35. The summed E-state index contributed by atoms with van der Waals surface area (Å²) >= 11 is 0. The maximum Gasteiger partial charge on any atom is 0.376 e. The summed E-state index contributed by atoms with van der Waals surface area (Å²) in [4.78, 5) is 37.8. The van der Waals surface area contributed by atoms with Gasteiger partial charge in [-0.05, 0) is 16.7 Å². The molecule has 0 aliphatic heterocycles. The maximum absolute atomic E-state index is 12.7. The Morgan fingerprint density at radius 2 is 1.07 bits per heavy atom. The Kier molecular flexibility index (Phi) is 6.90. The van der Waals surface area contributed by atoms with E-state index in [2.05, 4.69) is 0 Å². The molecule has 0 fully saturated rings. The van der Waals surface area contributed by atoms with Gasteiger partial charge in [0.05, 0.1) is 0 Å². The predicted octanol–water partition coefficient (Wildman–Crippen LogP) is 3.83. The molecule has 5 heteroatoms. The third kappa shape index (κ3) is 5.62. The van der Waals surface area contributed by atoms with Gasteiger partial charge in [-0.1, -0.05) is 91.0 Å². The molecule has 0 spiro atoms. The quantitative estimate of drug-likeness (QED) is 0.333. The van der Waals surface area contributed by atoms with Gasteiger partial charge in [-0.15, -0.1) is 0 Å². The molecule has 0 aromatic heterocycles. The SMILES string of the molecule is O=C(OCc1ccccc1)C(=O)[C@@H](C(=O)OCc1ccccc1)c1ccccc1. The lowest BCUT2D eigenvalue weighted by molar-refractivity contribution is -0.160. The summed E-state index contributed by atoms with van der Waals surface area (Å²) in [6.45, 7) is -0.0403. The lowest BCUT2D eigenvalue weighted by Crippen LogP contribution is -2.31. The van der Waals surface area contributed by atoms with Crippen LogP contribution < -0.4 is 0 Å². The number of hydrogen-bond donors (Lipinski definition) is 0. The molecule has 0 aliphatic carbocycles. The summed E-state index contributed by atoms with van der Waals surface area (Å²) in [6, 6.07) is 26.5. The zero-order valence-electron chi connectivity index (χ0n) is 15.7. The summed E-state index contributed by atoms with van der Waals surface area (Å²) in [5, 5.41) is 0. The van der Waals surface area contributed by atoms with Gasteiger partial charge < -0.3 is 9.47 Å². The highest BCUT2D eigenvalue weighted by molar-refractivity contribution is 6.39. The average Bonchev–Trinajstić information content (AvgIpc) is 2.78. The zero-order chi connectivity index (χ0) is 20.5. The molecule has 0 heterocycles. The van der Waals surface area contributed by atoms with Gasteiger partial charge in [0.15, 0.2) is 5.92 Å². The van der Waals surface area contributed by atoms with E-state index in [1.807, 2.05) is 24.3 Å². The number of carbonyl (C=O) groups excluding carboxylic acids is 3. The van der Waals surface area contributed by atoms with Gasteiger partial charge >= 0.3 is 11.9 Å². The minimum atomic E-state index is -1.37. The van der Waals surface area contributed by atoms with E-state index in [1.165, 1.54) is 0 Å². The summed E-state index contributed by atoms with van der Waals surface area (Å²) in [5.41, 5.74) is 1.91. The van der Waals surface area contributed by atoms with E-state index >= 15 is 0 Å². The Bertz CT molecular complexity index is 952. The number of ether oxygens (including phenoxy) is 2. The molecule has 0 saturated heterocycles. The van der Waals surface area contributed by atoms with Crippen molar-refractivity contribution in [3.63, 3.8) is 0 Å². The van der Waals surface area contributed by atoms with Crippen LogP contribution in [0, 0.1) is 0 Å². The van der Waals surface area contributed by atoms with Crippen molar-refractivity contribution < 1.29 is 23.9 Å². The molecule has 0 bridgehead atoms. The normalized spacial score (nSPS) is 11.3. The van der Waals surface area contributed by atoms with Crippen molar-refractivity contribution in [1.29, 1.82) is 0 Å². The average molecular weight is 388 g/mol. The molecule has 3 rings (SSSR count). The summed E-state index contributed by atoms with van der Waals surface area (Å²) in [5.74, 6) is -4.19. The van der Waals surface area contributed by atoms with Crippen LogP contribution in [0.15, 0.2) is 91.0 Å². The van der Waals surface area contributed by atoms with Crippen LogP contribution in [0.4, 0.5) is 0 Å². The van der Waals surface area contributed by atoms with Gasteiger partial charge in [-0.25, -0.2) is 4.79 Å². The van der Waals surface area contributed by atoms with Crippen LogP contribution in [0.25, 0.3) is 0 Å². The van der Waals surface area contributed by atoms with Crippen molar-refractivity contribution in [1.82, 2.24) is 0 Å². The van der Waals surface area contributed by atoms with E-state index in [0.717, 1.165) is 11.1 Å². The minimum Gasteiger partial charge on any atom is -0.460 e. The molecule has 29 heavy (non-hydrogen) atoms. The van der Waals surface area contributed by atoms with Crippen LogP contribution in [0.2, 0.25) is 0 Å². The Labute approximate surface area is 168 Å². The van der Waals surface area contributed by atoms with E-state index in [0.29, 0.717) is 5.56 Å². The molecular formula is C24H20O5. The summed E-state index contributed by atoms with van der Waals surface area (Å²) < 4.78 is 10.4. The van der Waals surface area contributed by atoms with Crippen molar-refractivity contribution in [3.8, 4) is 0 Å². The van der Waals surface area contributed by atoms with Gasteiger partial charge in [0.25, 0.3) is 5.78 Å². The first-order valence-corrected chi connectivity index (χ1v) is 9.15. The number of esters is 2. The van der Waals surface area contributed by atoms with E-state index in [9.17, 15) is 14.4 Å². The number of ketones is 1. The molecule has 3 aromatic carbocycles. The molecule has 0 amide bonds. The Balaban J connectivity index is 1.71. The maximum atomic E-state index is 12.7. The summed E-state index contributed by atoms with van der Waals surface area (Å²) in [7, 11) is 0. The number of carbonyl (C=O) groups is 3. The molecular weight excluding hydrogens is 368 g/mol. The number of rotatable bonds is 8. The van der Waals surface area contributed by atoms with Crippen molar-refractivity contribution in [2.24, 2.45) is 0 Å². The first-order valence-electron chi connectivity index (χ1n) is 9.15. The fourth-order valence-corrected chi connectivity index (χ4v) is 2.76. The zero-order valence-corrected chi connectivity index (χ0v) is 15.7. The number of benzene rings is 3. The standard InChI is InChI=1S/C24H20O5/c25-22(24(27)29-17-19-12-6-2-7-13-19)21(20-14-8-3-9-15-20)23(26)28-16-18-10-4-1-5-11-18/h1-15,21H,16-17H2/t21-/m0/s1. The van der Waals surface area contributed by atoms with Gasteiger partial charge in [0.2, 0.25) is 0 Å². The predicted molar refractivity (Wildman–Crippen MR) is 107 cm³/mol. The fraction of sp³-hybridized carbons (Fsp3) is 0.125. The molecule has 0 radical (unpaired) electrons. The Morgan fingerprint density at radius 1 is 0.621 bits per heavy atom. The second-order valence-corrected chi connectivity index (χ2v) is 6.36. The van der Waals surface area contributed by atoms with E-state index in [1.54, 1.807) is 66.7 Å². The Hall–Kier alpha value is -3.73. The second kappa shape index (κ2) is 9.99. The van der Waals surface area contributed by atoms with E-state index in [4.69, 9.17) is 9.47 Å². The highest BCUT2D eigenvalue weighted by atomic mass is 16.5. The lowest BCUT2D eigenvalue weighted by atomic mass is 9.94. The van der Waals surface area contributed by atoms with Crippen molar-refractivity contribution in [2.45, 2.75) is 19.1 Å². The molecule has 146 valence electrons. The molecule has 0 unspecified atom stereocenters. The van der Waals surface area contributed by atoms with Crippen LogP contribution in [0.3, 0.4) is 0 Å². The molecule has 0 N–H and O–H groups in total. The van der Waals surface area contributed by atoms with Gasteiger partial charge in [0, 0.05) is 0 Å². The van der Waals surface area contributed by atoms with Crippen molar-refractivity contribution >= 4 is 17.7 Å². The minimum absolute atomic E-state index is 0.00928. The van der Waals surface area contributed by atoms with Gasteiger partial charge in [0.1, 0.15) is 13.2 Å². The van der Waals surface area contributed by atoms with Crippen LogP contribution >= 0.6 is 0 Å². The van der Waals surface area contributed by atoms with Crippen LogP contribution in [-0.4, -0.2) is 17.7 Å². The van der Waals surface area contributed by atoms with Crippen LogP contribution in [0.5, 0.6) is 0 Å². The molecule has 0 aliphatic rings. The first-order chi connectivity index (χ1) is 14.1.